The van der Waals surface area contributed by atoms with Crippen LogP contribution in [0.5, 0.6) is 0 Å². The third-order valence-electron chi connectivity index (χ3n) is 3.19. The lowest BCUT2D eigenvalue weighted by Gasteiger charge is -2.46. The van der Waals surface area contributed by atoms with Crippen LogP contribution in [0.15, 0.2) is 12.7 Å². The Morgan fingerprint density at radius 2 is 1.29 bits per heavy atom. The molecule has 0 aliphatic rings. The van der Waals surface area contributed by atoms with Gasteiger partial charge < -0.3 is 0 Å². The van der Waals surface area contributed by atoms with Gasteiger partial charge >= 0.3 is 0 Å². The van der Waals surface area contributed by atoms with Crippen LogP contribution in [0.1, 0.15) is 27.7 Å². The third-order valence-corrected chi connectivity index (χ3v) is 4.87. The van der Waals surface area contributed by atoms with E-state index in [1.54, 1.807) is 0 Å². The van der Waals surface area contributed by atoms with Crippen molar-refractivity contribution in [2.75, 3.05) is 26.2 Å². The maximum Gasteiger partial charge on any atom is 0.0699 e. The van der Waals surface area contributed by atoms with Crippen molar-refractivity contribution in [2.45, 2.75) is 33.0 Å². The van der Waals surface area contributed by atoms with Crippen LogP contribution in [0.4, 0.5) is 0 Å². The van der Waals surface area contributed by atoms with Gasteiger partial charge in [-0.3, -0.25) is 9.80 Å². The predicted octanol–water partition coefficient (Wildman–Crippen LogP) is 0.875. The Labute approximate surface area is 92.4 Å². The van der Waals surface area contributed by atoms with Gasteiger partial charge in [0.1, 0.15) is 0 Å². The summed E-state index contributed by atoms with van der Waals surface area (Å²) in [6, 6.07) is 0. The number of hydrogen-bond donors (Lipinski definition) is 0. The molecule has 3 heteroatoms. The quantitative estimate of drug-likeness (QED) is 0.353. The summed E-state index contributed by atoms with van der Waals surface area (Å²) < 4.78 is 0. The lowest BCUT2D eigenvalue weighted by Crippen LogP contribution is -2.59. The van der Waals surface area contributed by atoms with E-state index in [0.29, 0.717) is 0 Å². The third kappa shape index (κ3) is 2.68. The minimum atomic E-state index is 0.146. The molecule has 0 aromatic heterocycles. The van der Waals surface area contributed by atoms with Crippen LogP contribution in [-0.4, -0.2) is 51.5 Å². The van der Waals surface area contributed by atoms with Gasteiger partial charge in [0.15, 0.2) is 0 Å². The molecule has 0 aromatic rings. The summed E-state index contributed by atoms with van der Waals surface area (Å²) in [5.41, 5.74) is 0. The molecular weight excluding hydrogens is 188 g/mol. The first-order valence-electron chi connectivity index (χ1n) is 5.74. The van der Waals surface area contributed by atoms with Gasteiger partial charge in [0.25, 0.3) is 0 Å². The Morgan fingerprint density at radius 1 is 1.00 bits per heavy atom. The largest absolute Gasteiger partial charge is 0.286 e. The molecule has 0 heterocycles. The Bertz CT molecular complexity index is 151. The highest BCUT2D eigenvalue weighted by molar-refractivity contribution is 6.16. The first-order chi connectivity index (χ1) is 6.60. The second-order valence-corrected chi connectivity index (χ2v) is 5.11. The molecule has 0 aliphatic heterocycles. The summed E-state index contributed by atoms with van der Waals surface area (Å²) in [7, 11) is 1.11. The van der Waals surface area contributed by atoms with Gasteiger partial charge in [-0.1, -0.05) is 33.8 Å². The molecule has 0 radical (unpaired) electrons. The van der Waals surface area contributed by atoms with Crippen LogP contribution < -0.4 is 0 Å². The van der Waals surface area contributed by atoms with Crippen LogP contribution in [0, 0.1) is 0 Å². The fraction of sp³-hybridized carbons (Fsp3) is 0.818. The lowest BCUT2D eigenvalue weighted by molar-refractivity contribution is 0.0567. The van der Waals surface area contributed by atoms with Crippen LogP contribution in [0.3, 0.4) is 0 Å². The molecule has 0 rings (SSSR count). The number of likely N-dealkylation sites (N-methyl/N-ethyl adjacent to an activating group) is 2. The normalized spacial score (nSPS) is 12.7. The van der Waals surface area contributed by atoms with Crippen molar-refractivity contribution in [1.82, 2.24) is 9.80 Å². The summed E-state index contributed by atoms with van der Waals surface area (Å²) in [5, 5.41) is 0.146. The first kappa shape index (κ1) is 13.9. The zero-order chi connectivity index (χ0) is 11.2. The molecule has 0 bridgehead atoms. The van der Waals surface area contributed by atoms with Crippen LogP contribution in [0.25, 0.3) is 0 Å². The van der Waals surface area contributed by atoms with E-state index in [9.17, 15) is 0 Å². The monoisotopic (exact) mass is 214 g/mol. The Kier molecular flexibility index (Phi) is 6.32. The standard InChI is InChI=1S/C11H26N2Si/c1-6-11(14,12(7-2)8-3)13(9-4)10-5/h6H,1,7-10H2,2-5,14H3. The predicted molar refractivity (Wildman–Crippen MR) is 68.7 cm³/mol. The summed E-state index contributed by atoms with van der Waals surface area (Å²) in [5.74, 6) is 0. The maximum absolute atomic E-state index is 4.02. The van der Waals surface area contributed by atoms with Crippen molar-refractivity contribution in [2.24, 2.45) is 0 Å². The molecule has 0 aliphatic carbocycles. The van der Waals surface area contributed by atoms with E-state index in [2.05, 4.69) is 50.1 Å². The van der Waals surface area contributed by atoms with E-state index in [4.69, 9.17) is 0 Å². The molecule has 0 fully saturated rings. The number of nitrogens with zero attached hydrogens (tertiary/aromatic N) is 2. The van der Waals surface area contributed by atoms with Crippen molar-refractivity contribution >= 4 is 10.2 Å². The molecular formula is C11H26N2Si. The molecule has 0 saturated heterocycles. The molecule has 0 aromatic carbocycles. The Morgan fingerprint density at radius 3 is 1.43 bits per heavy atom. The molecule has 0 spiro atoms. The van der Waals surface area contributed by atoms with E-state index in [0.717, 1.165) is 36.4 Å². The van der Waals surface area contributed by atoms with Gasteiger partial charge in [-0.25, -0.2) is 0 Å². The van der Waals surface area contributed by atoms with Gasteiger partial charge in [0.2, 0.25) is 0 Å². The van der Waals surface area contributed by atoms with Gasteiger partial charge in [-0.15, -0.1) is 6.58 Å². The lowest BCUT2D eigenvalue weighted by atomic mass is 10.3. The Balaban J connectivity index is 4.82. The van der Waals surface area contributed by atoms with E-state index in [1.807, 2.05) is 0 Å². The SMILES string of the molecule is C=CC([SiH3])(N(CC)CC)N(CC)CC. The molecule has 0 atom stereocenters. The van der Waals surface area contributed by atoms with Gasteiger partial charge in [-0.2, -0.15) is 0 Å². The molecule has 0 amide bonds. The number of rotatable bonds is 7. The summed E-state index contributed by atoms with van der Waals surface area (Å²) in [6.07, 6.45) is 2.12. The van der Waals surface area contributed by atoms with Crippen LogP contribution in [-0.2, 0) is 0 Å². The highest BCUT2D eigenvalue weighted by atomic mass is 28.1. The molecule has 0 saturated carbocycles. The molecule has 14 heavy (non-hydrogen) atoms. The van der Waals surface area contributed by atoms with Gasteiger partial charge in [-0.05, 0) is 26.2 Å². The van der Waals surface area contributed by atoms with Crippen molar-refractivity contribution in [1.29, 1.82) is 0 Å². The van der Waals surface area contributed by atoms with E-state index in [-0.39, 0.29) is 5.29 Å². The first-order valence-corrected chi connectivity index (χ1v) is 6.74. The molecule has 84 valence electrons. The zero-order valence-electron chi connectivity index (χ0n) is 10.5. The zero-order valence-corrected chi connectivity index (χ0v) is 12.5. The highest BCUT2D eigenvalue weighted by Crippen LogP contribution is 2.17. The minimum absolute atomic E-state index is 0.146. The average Bonchev–Trinajstić information content (AvgIpc) is 2.21. The van der Waals surface area contributed by atoms with Crippen molar-refractivity contribution < 1.29 is 0 Å². The average molecular weight is 214 g/mol. The van der Waals surface area contributed by atoms with Crippen molar-refractivity contribution in [3.8, 4) is 0 Å². The van der Waals surface area contributed by atoms with Gasteiger partial charge in [0, 0.05) is 0 Å². The second-order valence-electron chi connectivity index (χ2n) is 3.64. The van der Waals surface area contributed by atoms with E-state index >= 15 is 0 Å². The maximum atomic E-state index is 4.02. The van der Waals surface area contributed by atoms with E-state index < -0.39 is 0 Å². The smallest absolute Gasteiger partial charge is 0.0699 e. The van der Waals surface area contributed by atoms with Crippen molar-refractivity contribution in [3.05, 3.63) is 12.7 Å². The van der Waals surface area contributed by atoms with Gasteiger partial charge in [0.05, 0.1) is 15.5 Å². The summed E-state index contributed by atoms with van der Waals surface area (Å²) in [6.45, 7) is 17.3. The second kappa shape index (κ2) is 6.38. The molecule has 2 nitrogen and oxygen atoms in total. The Hall–Kier alpha value is -0.123. The minimum Gasteiger partial charge on any atom is -0.286 e. The highest BCUT2D eigenvalue weighted by Gasteiger charge is 2.30. The van der Waals surface area contributed by atoms with Crippen LogP contribution >= 0.6 is 0 Å². The van der Waals surface area contributed by atoms with Crippen LogP contribution in [0.2, 0.25) is 0 Å². The summed E-state index contributed by atoms with van der Waals surface area (Å²) >= 11 is 0. The number of hydrogen-bond acceptors (Lipinski definition) is 2. The molecule has 0 unspecified atom stereocenters. The fourth-order valence-electron chi connectivity index (χ4n) is 2.19. The van der Waals surface area contributed by atoms with E-state index in [1.165, 1.54) is 0 Å². The summed E-state index contributed by atoms with van der Waals surface area (Å²) in [4.78, 5) is 5.00. The molecule has 0 N–H and O–H groups in total. The van der Waals surface area contributed by atoms with Crippen molar-refractivity contribution in [3.63, 3.8) is 0 Å². The fourth-order valence-corrected chi connectivity index (χ4v) is 3.45. The topological polar surface area (TPSA) is 6.48 Å².